The van der Waals surface area contributed by atoms with E-state index in [1.807, 2.05) is 37.3 Å². The lowest BCUT2D eigenvalue weighted by molar-refractivity contribution is -0.142. The molecule has 4 rings (SSSR count). The highest BCUT2D eigenvalue weighted by atomic mass is 16.5. The van der Waals surface area contributed by atoms with Gasteiger partial charge in [0.1, 0.15) is 11.5 Å². The molecular weight excluding hydrogens is 380 g/mol. The maximum Gasteiger partial charge on any atom is 0.331 e. The summed E-state index contributed by atoms with van der Waals surface area (Å²) in [5, 5.41) is 4.99. The van der Waals surface area contributed by atoms with Crippen LogP contribution in [0.5, 0.6) is 0 Å². The van der Waals surface area contributed by atoms with E-state index < -0.39 is 11.9 Å². The first-order chi connectivity index (χ1) is 14.5. The van der Waals surface area contributed by atoms with Crippen LogP contribution in [0.3, 0.4) is 0 Å². The summed E-state index contributed by atoms with van der Waals surface area (Å²) in [6.07, 6.45) is 2.74. The molecule has 0 aliphatic carbocycles. The first kappa shape index (κ1) is 19.5. The van der Waals surface area contributed by atoms with Gasteiger partial charge in [-0.25, -0.2) is 4.79 Å². The molecule has 6 heteroatoms. The molecule has 0 unspecified atom stereocenters. The van der Waals surface area contributed by atoms with Crippen LogP contribution in [0.2, 0.25) is 0 Å². The van der Waals surface area contributed by atoms with Gasteiger partial charge in [0.05, 0.1) is 0 Å². The van der Waals surface area contributed by atoms with Crippen LogP contribution in [0, 0.1) is 6.92 Å². The fourth-order valence-corrected chi connectivity index (χ4v) is 3.55. The Bertz CT molecular complexity index is 1260. The molecule has 30 heavy (non-hydrogen) atoms. The zero-order valence-electron chi connectivity index (χ0n) is 16.8. The summed E-state index contributed by atoms with van der Waals surface area (Å²) < 4.78 is 12.6. The van der Waals surface area contributed by atoms with Gasteiger partial charge in [-0.3, -0.25) is 4.79 Å². The fraction of sp³-hybridized carbons (Fsp3) is 0.167. The number of benzene rings is 2. The number of furan rings is 1. The van der Waals surface area contributed by atoms with Crippen molar-refractivity contribution in [1.29, 1.82) is 0 Å². The van der Waals surface area contributed by atoms with Gasteiger partial charge < -0.3 is 19.0 Å². The number of amides is 1. The number of aryl methyl sites for hydroxylation is 2. The molecule has 2 aromatic heterocycles. The van der Waals surface area contributed by atoms with Gasteiger partial charge in [0, 0.05) is 40.1 Å². The van der Waals surface area contributed by atoms with Crippen molar-refractivity contribution in [1.82, 2.24) is 4.57 Å². The summed E-state index contributed by atoms with van der Waals surface area (Å²) in [4.78, 5) is 24.0. The lowest BCUT2D eigenvalue weighted by atomic mass is 10.1. The maximum absolute atomic E-state index is 12.2. The first-order valence-corrected chi connectivity index (χ1v) is 9.77. The minimum atomic E-state index is -0.610. The summed E-state index contributed by atoms with van der Waals surface area (Å²) in [7, 11) is 0. The van der Waals surface area contributed by atoms with E-state index in [9.17, 15) is 9.59 Å². The van der Waals surface area contributed by atoms with E-state index in [1.54, 1.807) is 12.1 Å². The van der Waals surface area contributed by atoms with E-state index in [0.717, 1.165) is 34.1 Å². The number of hydrogen-bond donors (Lipinski definition) is 1. The number of fused-ring (bicyclic) bond motifs is 3. The molecule has 6 nitrogen and oxygen atoms in total. The number of anilines is 1. The minimum absolute atomic E-state index is 0.366. The van der Waals surface area contributed by atoms with Gasteiger partial charge in [-0.05, 0) is 56.3 Å². The maximum atomic E-state index is 12.2. The minimum Gasteiger partial charge on any atom is -0.462 e. The van der Waals surface area contributed by atoms with E-state index in [0.29, 0.717) is 11.4 Å². The highest BCUT2D eigenvalue weighted by molar-refractivity contribution is 6.09. The van der Waals surface area contributed by atoms with Crippen molar-refractivity contribution in [2.24, 2.45) is 0 Å². The van der Waals surface area contributed by atoms with Crippen molar-refractivity contribution in [2.75, 3.05) is 11.9 Å². The molecule has 1 amide bonds. The molecule has 0 bridgehead atoms. The van der Waals surface area contributed by atoms with E-state index in [4.69, 9.17) is 9.15 Å². The van der Waals surface area contributed by atoms with E-state index >= 15 is 0 Å². The van der Waals surface area contributed by atoms with Gasteiger partial charge in [-0.2, -0.15) is 0 Å². The Morgan fingerprint density at radius 3 is 2.63 bits per heavy atom. The molecule has 2 heterocycles. The third kappa shape index (κ3) is 3.98. The topological polar surface area (TPSA) is 73.5 Å². The summed E-state index contributed by atoms with van der Waals surface area (Å²) in [6.45, 7) is 4.42. The molecule has 0 spiro atoms. The Balaban J connectivity index is 1.42. The smallest absolute Gasteiger partial charge is 0.331 e. The van der Waals surface area contributed by atoms with Crippen LogP contribution in [0.25, 0.3) is 27.9 Å². The third-order valence-electron chi connectivity index (χ3n) is 4.86. The lowest BCUT2D eigenvalue weighted by Gasteiger charge is -2.07. The van der Waals surface area contributed by atoms with Crippen molar-refractivity contribution >= 4 is 45.4 Å². The molecule has 0 fully saturated rings. The Morgan fingerprint density at radius 2 is 1.87 bits per heavy atom. The van der Waals surface area contributed by atoms with E-state index in [2.05, 4.69) is 28.9 Å². The number of esters is 1. The molecule has 4 aromatic rings. The highest BCUT2D eigenvalue weighted by Crippen LogP contribution is 2.30. The fourth-order valence-electron chi connectivity index (χ4n) is 3.55. The average Bonchev–Trinajstić information content (AvgIpc) is 3.31. The normalized spacial score (nSPS) is 11.4. The zero-order valence-corrected chi connectivity index (χ0v) is 16.8. The second kappa shape index (κ2) is 8.29. The Kier molecular flexibility index (Phi) is 5.39. The lowest BCUT2D eigenvalue weighted by Crippen LogP contribution is -2.20. The van der Waals surface area contributed by atoms with Gasteiger partial charge in [0.25, 0.3) is 5.91 Å². The van der Waals surface area contributed by atoms with Crippen LogP contribution in [-0.2, 0) is 20.9 Å². The van der Waals surface area contributed by atoms with Gasteiger partial charge in [0.15, 0.2) is 6.61 Å². The molecule has 0 saturated carbocycles. The second-order valence-electron chi connectivity index (χ2n) is 6.93. The molecule has 0 aliphatic heterocycles. The highest BCUT2D eigenvalue weighted by Gasteiger charge is 2.11. The second-order valence-corrected chi connectivity index (χ2v) is 6.93. The molecule has 0 aliphatic rings. The van der Waals surface area contributed by atoms with Gasteiger partial charge in [-0.15, -0.1) is 0 Å². The molecule has 0 atom stereocenters. The predicted molar refractivity (Wildman–Crippen MR) is 117 cm³/mol. The first-order valence-electron chi connectivity index (χ1n) is 9.77. The van der Waals surface area contributed by atoms with Gasteiger partial charge >= 0.3 is 5.97 Å². The van der Waals surface area contributed by atoms with Crippen LogP contribution < -0.4 is 5.32 Å². The Labute approximate surface area is 173 Å². The molecule has 0 radical (unpaired) electrons. The average molecular weight is 402 g/mol. The largest absolute Gasteiger partial charge is 0.462 e. The van der Waals surface area contributed by atoms with Crippen molar-refractivity contribution in [3.05, 3.63) is 72.2 Å². The van der Waals surface area contributed by atoms with E-state index in [1.165, 1.54) is 12.2 Å². The van der Waals surface area contributed by atoms with Crippen LogP contribution in [0.1, 0.15) is 18.4 Å². The molecule has 2 aromatic carbocycles. The Hall–Kier alpha value is -3.80. The van der Waals surface area contributed by atoms with E-state index in [-0.39, 0.29) is 6.61 Å². The zero-order chi connectivity index (χ0) is 21.1. The predicted octanol–water partition coefficient (Wildman–Crippen LogP) is 4.91. The van der Waals surface area contributed by atoms with Crippen molar-refractivity contribution in [3.63, 3.8) is 0 Å². The number of rotatable bonds is 6. The van der Waals surface area contributed by atoms with Crippen LogP contribution in [0.4, 0.5) is 5.69 Å². The van der Waals surface area contributed by atoms with Gasteiger partial charge in [-0.1, -0.05) is 18.2 Å². The third-order valence-corrected chi connectivity index (χ3v) is 4.86. The van der Waals surface area contributed by atoms with Crippen molar-refractivity contribution < 1.29 is 18.7 Å². The van der Waals surface area contributed by atoms with Crippen molar-refractivity contribution in [3.8, 4) is 0 Å². The summed E-state index contributed by atoms with van der Waals surface area (Å²) in [5.41, 5.74) is 2.93. The number of hydrogen-bond acceptors (Lipinski definition) is 4. The number of nitrogens with zero attached hydrogens (tertiary/aromatic N) is 1. The summed E-state index contributed by atoms with van der Waals surface area (Å²) in [6, 6.07) is 17.5. The summed E-state index contributed by atoms with van der Waals surface area (Å²) in [5.74, 6) is 0.291. The molecular formula is C24H22N2O4. The Morgan fingerprint density at radius 1 is 1.07 bits per heavy atom. The molecule has 1 N–H and O–H groups in total. The number of carbonyl (C=O) groups excluding carboxylic acids is 2. The number of aromatic nitrogens is 1. The summed E-state index contributed by atoms with van der Waals surface area (Å²) >= 11 is 0. The van der Waals surface area contributed by atoms with Crippen LogP contribution >= 0.6 is 0 Å². The monoisotopic (exact) mass is 402 g/mol. The SMILES string of the molecule is CCn1c2ccccc2c2cc(NC(=O)COC(=O)C=Cc3ccc(C)o3)ccc21. The quantitative estimate of drug-likeness (QED) is 0.367. The number of para-hydroxylation sites is 1. The molecule has 152 valence electrons. The number of ether oxygens (including phenoxy) is 1. The van der Waals surface area contributed by atoms with Crippen LogP contribution in [0.15, 0.2) is 65.1 Å². The number of nitrogens with one attached hydrogen (secondary N) is 1. The van der Waals surface area contributed by atoms with Crippen LogP contribution in [-0.4, -0.2) is 23.1 Å². The molecule has 0 saturated heterocycles. The van der Waals surface area contributed by atoms with Gasteiger partial charge in [0.2, 0.25) is 0 Å². The van der Waals surface area contributed by atoms with Crippen molar-refractivity contribution in [2.45, 2.75) is 20.4 Å². The number of carbonyl (C=O) groups is 2. The standard InChI is InChI=1S/C24H22N2O4/c1-3-26-21-7-5-4-6-19(21)20-14-17(9-12-22(20)26)25-23(27)15-29-24(28)13-11-18-10-8-16(2)30-18/h4-14H,3,15H2,1-2H3,(H,25,27).